The molecule has 1 saturated heterocycles. The number of carbonyl (C=O) groups excluding carboxylic acids is 2. The largest absolute Gasteiger partial charge is 0.359 e. The minimum absolute atomic E-state index is 0.0799. The molecule has 2 aromatic carbocycles. The lowest BCUT2D eigenvalue weighted by atomic mass is 9.72. The van der Waals surface area contributed by atoms with Crippen molar-refractivity contribution in [2.45, 2.75) is 39.5 Å². The van der Waals surface area contributed by atoms with Crippen LogP contribution < -0.4 is 5.32 Å². The SMILES string of the molecule is CNC(=O)C1(Cc2ccccc2-c2ccccc2)CCN(C(=O)CC(C)C)CC1. The molecule has 1 fully saturated rings. The first-order valence-electron chi connectivity index (χ1n) is 10.6. The van der Waals surface area contributed by atoms with Crippen molar-refractivity contribution in [3.05, 3.63) is 60.2 Å². The maximum Gasteiger partial charge on any atom is 0.226 e. The van der Waals surface area contributed by atoms with Crippen molar-refractivity contribution >= 4 is 11.8 Å². The first kappa shape index (κ1) is 21.1. The highest BCUT2D eigenvalue weighted by atomic mass is 16.2. The van der Waals surface area contributed by atoms with Crippen LogP contribution in [-0.2, 0) is 16.0 Å². The fourth-order valence-electron chi connectivity index (χ4n) is 4.35. The van der Waals surface area contributed by atoms with Crippen LogP contribution in [0.25, 0.3) is 11.1 Å². The highest BCUT2D eigenvalue weighted by Crippen LogP contribution is 2.38. The van der Waals surface area contributed by atoms with Gasteiger partial charge in [-0.2, -0.15) is 0 Å². The van der Waals surface area contributed by atoms with Crippen LogP contribution in [0.15, 0.2) is 54.6 Å². The molecule has 1 heterocycles. The van der Waals surface area contributed by atoms with Crippen LogP contribution >= 0.6 is 0 Å². The molecule has 1 N–H and O–H groups in total. The van der Waals surface area contributed by atoms with Crippen molar-refractivity contribution in [3.63, 3.8) is 0 Å². The number of hydrogen-bond acceptors (Lipinski definition) is 2. The van der Waals surface area contributed by atoms with Gasteiger partial charge in [0.25, 0.3) is 0 Å². The highest BCUT2D eigenvalue weighted by Gasteiger charge is 2.42. The van der Waals surface area contributed by atoms with E-state index in [2.05, 4.69) is 43.4 Å². The number of hydrogen-bond donors (Lipinski definition) is 1. The number of nitrogens with zero attached hydrogens (tertiary/aromatic N) is 1. The van der Waals surface area contributed by atoms with Crippen LogP contribution in [0.3, 0.4) is 0 Å². The van der Waals surface area contributed by atoms with Crippen molar-refractivity contribution in [1.82, 2.24) is 10.2 Å². The lowest BCUT2D eigenvalue weighted by Gasteiger charge is -2.41. The second-order valence-corrected chi connectivity index (χ2v) is 8.54. The maximum atomic E-state index is 13.0. The average molecular weight is 393 g/mol. The zero-order valence-electron chi connectivity index (χ0n) is 17.8. The van der Waals surface area contributed by atoms with E-state index < -0.39 is 5.41 Å². The molecule has 0 bridgehead atoms. The van der Waals surface area contributed by atoms with Gasteiger partial charge in [0.2, 0.25) is 11.8 Å². The Kier molecular flexibility index (Phi) is 6.73. The molecule has 0 radical (unpaired) electrons. The minimum atomic E-state index is -0.478. The Morgan fingerprint density at radius 3 is 2.24 bits per heavy atom. The molecule has 0 unspecified atom stereocenters. The summed E-state index contributed by atoms with van der Waals surface area (Å²) in [5.41, 5.74) is 3.05. The van der Waals surface area contributed by atoms with E-state index in [0.29, 0.717) is 44.7 Å². The molecule has 154 valence electrons. The minimum Gasteiger partial charge on any atom is -0.359 e. The summed E-state index contributed by atoms with van der Waals surface area (Å²) in [6, 6.07) is 18.7. The predicted octanol–water partition coefficient (Wildman–Crippen LogP) is 4.30. The van der Waals surface area contributed by atoms with E-state index in [1.807, 2.05) is 35.2 Å². The summed E-state index contributed by atoms with van der Waals surface area (Å²) >= 11 is 0. The predicted molar refractivity (Wildman–Crippen MR) is 117 cm³/mol. The first-order chi connectivity index (χ1) is 13.9. The van der Waals surface area contributed by atoms with Crippen molar-refractivity contribution in [3.8, 4) is 11.1 Å². The van der Waals surface area contributed by atoms with Gasteiger partial charge in [-0.25, -0.2) is 0 Å². The summed E-state index contributed by atoms with van der Waals surface area (Å²) in [5.74, 6) is 0.636. The molecule has 0 atom stereocenters. The molecular weight excluding hydrogens is 360 g/mol. The van der Waals surface area contributed by atoms with Gasteiger partial charge in [-0.1, -0.05) is 68.4 Å². The molecule has 0 aliphatic carbocycles. The summed E-state index contributed by atoms with van der Waals surface area (Å²) in [7, 11) is 1.71. The van der Waals surface area contributed by atoms with Crippen molar-refractivity contribution < 1.29 is 9.59 Å². The fourth-order valence-corrected chi connectivity index (χ4v) is 4.35. The molecular formula is C25H32N2O2. The maximum absolute atomic E-state index is 13.0. The van der Waals surface area contributed by atoms with E-state index in [4.69, 9.17) is 0 Å². The molecule has 29 heavy (non-hydrogen) atoms. The standard InChI is InChI=1S/C25H32N2O2/c1-19(2)17-23(28)27-15-13-25(14-16-27,24(29)26-3)18-21-11-7-8-12-22(21)20-9-5-4-6-10-20/h4-12,19H,13-18H2,1-3H3,(H,26,29). The van der Waals surface area contributed by atoms with Crippen LogP contribution in [0.5, 0.6) is 0 Å². The number of benzene rings is 2. The van der Waals surface area contributed by atoms with Gasteiger partial charge in [0, 0.05) is 26.6 Å². The highest BCUT2D eigenvalue weighted by molar-refractivity contribution is 5.84. The molecule has 2 amide bonds. The van der Waals surface area contributed by atoms with E-state index in [1.54, 1.807) is 7.05 Å². The van der Waals surface area contributed by atoms with E-state index >= 15 is 0 Å². The quantitative estimate of drug-likeness (QED) is 0.797. The lowest BCUT2D eigenvalue weighted by Crippen LogP contribution is -2.50. The molecule has 2 aromatic rings. The molecule has 1 aliphatic rings. The van der Waals surface area contributed by atoms with Crippen LogP contribution in [0, 0.1) is 11.3 Å². The zero-order chi connectivity index (χ0) is 20.9. The molecule has 0 spiro atoms. The van der Waals surface area contributed by atoms with Gasteiger partial charge in [-0.05, 0) is 41.9 Å². The number of nitrogens with one attached hydrogen (secondary N) is 1. The average Bonchev–Trinajstić information content (AvgIpc) is 2.74. The Labute approximate surface area is 174 Å². The topological polar surface area (TPSA) is 49.4 Å². The first-order valence-corrected chi connectivity index (χ1v) is 10.6. The summed E-state index contributed by atoms with van der Waals surface area (Å²) < 4.78 is 0. The second-order valence-electron chi connectivity index (χ2n) is 8.54. The number of amides is 2. The Morgan fingerprint density at radius 1 is 1.00 bits per heavy atom. The van der Waals surface area contributed by atoms with Gasteiger partial charge >= 0.3 is 0 Å². The summed E-state index contributed by atoms with van der Waals surface area (Å²) in [5, 5.41) is 2.89. The number of carbonyl (C=O) groups is 2. The Balaban J connectivity index is 1.84. The summed E-state index contributed by atoms with van der Waals surface area (Å²) in [6.07, 6.45) is 2.65. The van der Waals surface area contributed by atoms with Crippen LogP contribution in [0.4, 0.5) is 0 Å². The molecule has 1 aliphatic heterocycles. The van der Waals surface area contributed by atoms with E-state index in [9.17, 15) is 9.59 Å². The van der Waals surface area contributed by atoms with Gasteiger partial charge in [-0.15, -0.1) is 0 Å². The third-order valence-electron chi connectivity index (χ3n) is 6.00. The van der Waals surface area contributed by atoms with Crippen molar-refractivity contribution in [2.75, 3.05) is 20.1 Å². The summed E-state index contributed by atoms with van der Waals surface area (Å²) in [6.45, 7) is 5.42. The molecule has 3 rings (SSSR count). The van der Waals surface area contributed by atoms with Crippen LogP contribution in [0.1, 0.15) is 38.7 Å². The summed E-state index contributed by atoms with van der Waals surface area (Å²) in [4.78, 5) is 27.4. The second kappa shape index (κ2) is 9.25. The number of likely N-dealkylation sites (tertiary alicyclic amines) is 1. The Bertz CT molecular complexity index is 837. The number of rotatable bonds is 6. The van der Waals surface area contributed by atoms with Gasteiger partial charge in [-0.3, -0.25) is 9.59 Å². The van der Waals surface area contributed by atoms with Crippen molar-refractivity contribution in [1.29, 1.82) is 0 Å². The Morgan fingerprint density at radius 2 is 1.62 bits per heavy atom. The monoisotopic (exact) mass is 392 g/mol. The molecule has 0 aromatic heterocycles. The molecule has 4 nitrogen and oxygen atoms in total. The van der Waals surface area contributed by atoms with Crippen LogP contribution in [0.2, 0.25) is 0 Å². The van der Waals surface area contributed by atoms with Gasteiger partial charge in [0.15, 0.2) is 0 Å². The van der Waals surface area contributed by atoms with Crippen LogP contribution in [-0.4, -0.2) is 36.9 Å². The lowest BCUT2D eigenvalue weighted by molar-refractivity contribution is -0.140. The molecule has 4 heteroatoms. The molecule has 0 saturated carbocycles. The number of piperidine rings is 1. The Hall–Kier alpha value is -2.62. The zero-order valence-corrected chi connectivity index (χ0v) is 17.8. The third kappa shape index (κ3) is 4.87. The van der Waals surface area contributed by atoms with E-state index in [-0.39, 0.29) is 11.8 Å². The normalized spacial score (nSPS) is 15.9. The van der Waals surface area contributed by atoms with Gasteiger partial charge in [0.1, 0.15) is 0 Å². The van der Waals surface area contributed by atoms with E-state index in [1.165, 1.54) is 16.7 Å². The van der Waals surface area contributed by atoms with Gasteiger partial charge < -0.3 is 10.2 Å². The fraction of sp³-hybridized carbons (Fsp3) is 0.440. The van der Waals surface area contributed by atoms with E-state index in [0.717, 1.165) is 0 Å². The third-order valence-corrected chi connectivity index (χ3v) is 6.00. The van der Waals surface area contributed by atoms with Gasteiger partial charge in [0.05, 0.1) is 5.41 Å². The van der Waals surface area contributed by atoms with Crippen molar-refractivity contribution in [2.24, 2.45) is 11.3 Å². The smallest absolute Gasteiger partial charge is 0.226 e.